The van der Waals surface area contributed by atoms with Crippen molar-refractivity contribution in [2.45, 2.75) is 44.7 Å². The number of thiazole rings is 1. The molecule has 2 aliphatic rings. The molecule has 8 nitrogen and oxygen atoms in total. The van der Waals surface area contributed by atoms with E-state index < -0.39 is 17.5 Å². The highest BCUT2D eigenvalue weighted by molar-refractivity contribution is 7.19. The van der Waals surface area contributed by atoms with Crippen molar-refractivity contribution in [1.29, 1.82) is 0 Å². The van der Waals surface area contributed by atoms with Crippen LogP contribution in [0.3, 0.4) is 0 Å². The number of benzene rings is 1. The van der Waals surface area contributed by atoms with Gasteiger partial charge in [-0.25, -0.2) is 18.4 Å². The molecule has 5 N–H and O–H groups in total. The summed E-state index contributed by atoms with van der Waals surface area (Å²) in [7, 11) is 0. The molecule has 2 fully saturated rings. The van der Waals surface area contributed by atoms with Gasteiger partial charge in [-0.05, 0) is 50.2 Å². The molecule has 3 aromatic rings. The molecule has 180 valence electrons. The summed E-state index contributed by atoms with van der Waals surface area (Å²) in [5.41, 5.74) is 12.4. The Hall–Kier alpha value is -3.05. The van der Waals surface area contributed by atoms with Gasteiger partial charge >= 0.3 is 0 Å². The van der Waals surface area contributed by atoms with Crippen molar-refractivity contribution in [2.24, 2.45) is 11.7 Å². The Morgan fingerprint density at radius 3 is 2.68 bits per heavy atom. The zero-order chi connectivity index (χ0) is 23.8. The van der Waals surface area contributed by atoms with Gasteiger partial charge in [-0.2, -0.15) is 5.10 Å². The van der Waals surface area contributed by atoms with Gasteiger partial charge in [-0.1, -0.05) is 17.4 Å². The van der Waals surface area contributed by atoms with Crippen molar-refractivity contribution in [2.75, 3.05) is 29.0 Å². The van der Waals surface area contributed by atoms with Crippen LogP contribution in [-0.2, 0) is 6.54 Å². The average Bonchev–Trinajstić information content (AvgIpc) is 3.47. The lowest BCUT2D eigenvalue weighted by Crippen LogP contribution is -2.30. The van der Waals surface area contributed by atoms with E-state index in [-0.39, 0.29) is 27.3 Å². The normalized spacial score (nSPS) is 18.7. The van der Waals surface area contributed by atoms with Crippen LogP contribution < -0.4 is 21.7 Å². The van der Waals surface area contributed by atoms with E-state index in [9.17, 15) is 13.6 Å². The number of carbonyl (C=O) groups is 1. The summed E-state index contributed by atoms with van der Waals surface area (Å²) < 4.78 is 30.4. The zero-order valence-corrected chi connectivity index (χ0v) is 19.5. The number of rotatable bonds is 6. The van der Waals surface area contributed by atoms with E-state index in [2.05, 4.69) is 20.3 Å². The van der Waals surface area contributed by atoms with Crippen LogP contribution in [0.4, 0.5) is 25.3 Å². The molecule has 1 atom stereocenters. The van der Waals surface area contributed by atoms with Crippen LogP contribution in [0.25, 0.3) is 10.6 Å². The van der Waals surface area contributed by atoms with Crippen LogP contribution in [0.2, 0.25) is 0 Å². The van der Waals surface area contributed by atoms with Gasteiger partial charge in [0.2, 0.25) is 0 Å². The molecule has 5 rings (SSSR count). The van der Waals surface area contributed by atoms with Crippen LogP contribution >= 0.6 is 11.3 Å². The molecular formula is C23H27F2N7OS. The fourth-order valence-electron chi connectivity index (χ4n) is 4.30. The number of anilines is 3. The number of nitrogens with one attached hydrogen (secondary N) is 1. The lowest BCUT2D eigenvalue weighted by atomic mass is 10.1. The van der Waals surface area contributed by atoms with Gasteiger partial charge in [0.1, 0.15) is 27.3 Å². The molecule has 1 amide bonds. The molecule has 1 aliphatic heterocycles. The minimum absolute atomic E-state index is 0.0180. The molecule has 1 aliphatic carbocycles. The van der Waals surface area contributed by atoms with Crippen LogP contribution in [0, 0.1) is 17.6 Å². The summed E-state index contributed by atoms with van der Waals surface area (Å²) in [6.45, 7) is 2.39. The summed E-state index contributed by atoms with van der Waals surface area (Å²) in [5.74, 6) is -0.615. The summed E-state index contributed by atoms with van der Waals surface area (Å²) in [5, 5.41) is 7.54. The Balaban J connectivity index is 1.43. The van der Waals surface area contributed by atoms with Gasteiger partial charge in [0, 0.05) is 25.7 Å². The lowest BCUT2D eigenvalue weighted by Gasteiger charge is -2.25. The van der Waals surface area contributed by atoms with E-state index in [0.717, 1.165) is 68.2 Å². The minimum atomic E-state index is -0.760. The Morgan fingerprint density at radius 1 is 1.18 bits per heavy atom. The summed E-state index contributed by atoms with van der Waals surface area (Å²) in [4.78, 5) is 19.5. The van der Waals surface area contributed by atoms with E-state index in [1.165, 1.54) is 18.9 Å². The molecule has 1 saturated carbocycles. The maximum Gasteiger partial charge on any atom is 0.277 e. The van der Waals surface area contributed by atoms with Gasteiger partial charge in [0.05, 0.1) is 11.8 Å². The van der Waals surface area contributed by atoms with Gasteiger partial charge in [0.15, 0.2) is 11.5 Å². The van der Waals surface area contributed by atoms with E-state index in [1.54, 1.807) is 6.20 Å². The second-order valence-electron chi connectivity index (χ2n) is 8.97. The largest absolute Gasteiger partial charge is 0.389 e. The number of hydrogen-bond donors (Lipinski definition) is 3. The number of aromatic nitrogens is 3. The maximum absolute atomic E-state index is 14.2. The highest BCUT2D eigenvalue weighted by Crippen LogP contribution is 2.36. The zero-order valence-electron chi connectivity index (χ0n) is 18.6. The summed E-state index contributed by atoms with van der Waals surface area (Å²) in [6.07, 6.45) is 6.77. The van der Waals surface area contributed by atoms with Crippen molar-refractivity contribution < 1.29 is 13.6 Å². The number of nitrogens with two attached hydrogens (primary N) is 2. The number of amides is 1. The topological polar surface area (TPSA) is 115 Å². The highest BCUT2D eigenvalue weighted by atomic mass is 32.1. The molecule has 1 saturated heterocycles. The third-order valence-corrected chi connectivity index (χ3v) is 7.21. The summed E-state index contributed by atoms with van der Waals surface area (Å²) in [6, 6.07) is 3.72. The van der Waals surface area contributed by atoms with Gasteiger partial charge in [-0.15, -0.1) is 0 Å². The van der Waals surface area contributed by atoms with E-state index >= 15 is 0 Å². The molecule has 34 heavy (non-hydrogen) atoms. The Labute approximate surface area is 199 Å². The SMILES string of the molecule is Nc1sc(-c2c(F)cccc2F)nc1C(=O)Nc1cnn(CC2CC2)c1N1CCCC(N)CC1. The quantitative estimate of drug-likeness (QED) is 0.487. The Morgan fingerprint density at radius 2 is 1.94 bits per heavy atom. The van der Waals surface area contributed by atoms with E-state index in [0.29, 0.717) is 11.6 Å². The van der Waals surface area contributed by atoms with E-state index in [1.807, 2.05) is 4.68 Å². The van der Waals surface area contributed by atoms with Crippen molar-refractivity contribution >= 4 is 33.8 Å². The molecule has 1 aromatic carbocycles. The second kappa shape index (κ2) is 9.30. The third kappa shape index (κ3) is 4.62. The van der Waals surface area contributed by atoms with Crippen LogP contribution in [0.5, 0.6) is 0 Å². The van der Waals surface area contributed by atoms with Crippen LogP contribution in [0.1, 0.15) is 42.6 Å². The number of carbonyl (C=O) groups excluding carboxylic acids is 1. The number of nitrogens with zero attached hydrogens (tertiary/aromatic N) is 4. The van der Waals surface area contributed by atoms with Gasteiger partial charge in [-0.3, -0.25) is 4.79 Å². The monoisotopic (exact) mass is 487 g/mol. The van der Waals surface area contributed by atoms with Crippen molar-refractivity contribution in [3.05, 3.63) is 41.7 Å². The van der Waals surface area contributed by atoms with Crippen molar-refractivity contribution in [3.63, 3.8) is 0 Å². The third-order valence-electron chi connectivity index (χ3n) is 6.31. The molecule has 0 spiro atoms. The van der Waals surface area contributed by atoms with Crippen molar-refractivity contribution in [3.8, 4) is 10.6 Å². The van der Waals surface area contributed by atoms with Crippen LogP contribution in [-0.4, -0.2) is 39.8 Å². The number of nitrogen functional groups attached to an aromatic ring is 1. The van der Waals surface area contributed by atoms with Gasteiger partial charge < -0.3 is 21.7 Å². The molecular weight excluding hydrogens is 460 g/mol. The molecule has 3 heterocycles. The smallest absolute Gasteiger partial charge is 0.277 e. The minimum Gasteiger partial charge on any atom is -0.389 e. The van der Waals surface area contributed by atoms with Crippen molar-refractivity contribution in [1.82, 2.24) is 14.8 Å². The predicted octanol–water partition coefficient (Wildman–Crippen LogP) is 3.85. The Kier molecular flexibility index (Phi) is 6.22. The van der Waals surface area contributed by atoms with Crippen LogP contribution in [0.15, 0.2) is 24.4 Å². The first-order valence-corrected chi connectivity index (χ1v) is 12.3. The summed E-state index contributed by atoms with van der Waals surface area (Å²) >= 11 is 0.873. The lowest BCUT2D eigenvalue weighted by molar-refractivity contribution is 0.102. The van der Waals surface area contributed by atoms with E-state index in [4.69, 9.17) is 11.5 Å². The predicted molar refractivity (Wildman–Crippen MR) is 129 cm³/mol. The second-order valence-corrected chi connectivity index (χ2v) is 10.00. The standard InChI is InChI=1S/C23H27F2N7OS/c24-15-4-1-5-16(25)18(15)22-30-19(20(27)34-22)21(33)29-17-11-28-32(12-13-6-7-13)23(17)31-9-2-3-14(26)8-10-31/h1,4-5,11,13-14H,2-3,6-10,12,26-27H2,(H,29,33). The fourth-order valence-corrected chi connectivity index (χ4v) is 5.18. The van der Waals surface area contributed by atoms with Gasteiger partial charge in [0.25, 0.3) is 5.91 Å². The number of hydrogen-bond acceptors (Lipinski definition) is 7. The fraction of sp³-hybridized carbons (Fsp3) is 0.435. The maximum atomic E-state index is 14.2. The molecule has 2 aromatic heterocycles. The molecule has 1 unspecified atom stereocenters. The number of halogens is 2. The first kappa shape index (κ1) is 22.7. The molecule has 11 heteroatoms. The average molecular weight is 488 g/mol. The molecule has 0 bridgehead atoms. The molecule has 0 radical (unpaired) electrons. The Bertz CT molecular complexity index is 1190. The highest BCUT2D eigenvalue weighted by Gasteiger charge is 2.29. The first-order valence-electron chi connectivity index (χ1n) is 11.5. The first-order chi connectivity index (χ1) is 16.4.